The standard InChI is InChI=1S/C18H17F4N5O3/c1-10(11-2-4-12(19)5-3-11)24-17(28)25-15-8-14-13(9-23-15)16(27-26-14)29-6-7-30-18(20,21)22/h2-5,8-10H,6-7H2,1H3,(H,26,27)(H2,23,24,25,28)/t10-/m1/s1. The second-order valence-electron chi connectivity index (χ2n) is 6.16. The van der Waals surface area contributed by atoms with Gasteiger partial charge in [0.25, 0.3) is 0 Å². The number of pyridine rings is 1. The molecule has 0 fully saturated rings. The van der Waals surface area contributed by atoms with Crippen LogP contribution >= 0.6 is 0 Å². The molecule has 1 atom stereocenters. The SMILES string of the molecule is C[C@@H](NC(=O)Nc1cc2[nH]nc(OCCOC(F)(F)F)c2cn1)c1ccc(F)cc1. The van der Waals surface area contributed by atoms with Crippen molar-refractivity contribution in [3.63, 3.8) is 0 Å². The molecule has 2 amide bonds. The zero-order valence-electron chi connectivity index (χ0n) is 15.6. The van der Waals surface area contributed by atoms with Gasteiger partial charge in [0.05, 0.1) is 23.6 Å². The number of hydrogen-bond donors (Lipinski definition) is 3. The Labute approximate surface area is 167 Å². The van der Waals surface area contributed by atoms with Gasteiger partial charge < -0.3 is 10.1 Å². The number of hydrogen-bond acceptors (Lipinski definition) is 5. The largest absolute Gasteiger partial charge is 0.522 e. The smallest absolute Gasteiger partial charge is 0.474 e. The summed E-state index contributed by atoms with van der Waals surface area (Å²) in [6.07, 6.45) is -3.37. The summed E-state index contributed by atoms with van der Waals surface area (Å²) in [5, 5.41) is 12.2. The van der Waals surface area contributed by atoms with Crippen molar-refractivity contribution >= 4 is 22.8 Å². The van der Waals surface area contributed by atoms with E-state index < -0.39 is 19.0 Å². The van der Waals surface area contributed by atoms with Crippen molar-refractivity contribution in [2.24, 2.45) is 0 Å². The Hall–Kier alpha value is -3.41. The lowest BCUT2D eigenvalue weighted by Crippen LogP contribution is -2.31. The first-order valence-corrected chi connectivity index (χ1v) is 8.72. The minimum absolute atomic E-state index is 0.0595. The van der Waals surface area contributed by atoms with Gasteiger partial charge in [-0.3, -0.25) is 15.2 Å². The lowest BCUT2D eigenvalue weighted by Gasteiger charge is -2.14. The van der Waals surface area contributed by atoms with Gasteiger partial charge in [-0.15, -0.1) is 18.3 Å². The molecule has 0 aliphatic rings. The molecule has 3 N–H and O–H groups in total. The summed E-state index contributed by atoms with van der Waals surface area (Å²) >= 11 is 0. The van der Waals surface area contributed by atoms with Crippen molar-refractivity contribution < 1.29 is 31.8 Å². The average Bonchev–Trinajstić information content (AvgIpc) is 3.07. The number of benzene rings is 1. The summed E-state index contributed by atoms with van der Waals surface area (Å²) in [6, 6.07) is 6.32. The second-order valence-corrected chi connectivity index (χ2v) is 6.16. The molecule has 0 aliphatic carbocycles. The number of nitrogens with one attached hydrogen (secondary N) is 3. The van der Waals surface area contributed by atoms with Gasteiger partial charge in [0.15, 0.2) is 0 Å². The van der Waals surface area contributed by atoms with Crippen LogP contribution in [0.3, 0.4) is 0 Å². The van der Waals surface area contributed by atoms with Gasteiger partial charge in [0, 0.05) is 12.3 Å². The topological polar surface area (TPSA) is 101 Å². The molecule has 160 valence electrons. The van der Waals surface area contributed by atoms with E-state index in [0.29, 0.717) is 10.9 Å². The highest BCUT2D eigenvalue weighted by Gasteiger charge is 2.28. The van der Waals surface area contributed by atoms with Gasteiger partial charge >= 0.3 is 12.4 Å². The summed E-state index contributed by atoms with van der Waals surface area (Å²) in [7, 11) is 0. The van der Waals surface area contributed by atoms with E-state index in [1.54, 1.807) is 19.1 Å². The van der Waals surface area contributed by atoms with E-state index in [9.17, 15) is 22.4 Å². The molecule has 0 spiro atoms. The highest BCUT2D eigenvalue weighted by atomic mass is 19.4. The van der Waals surface area contributed by atoms with Crippen LogP contribution < -0.4 is 15.4 Å². The lowest BCUT2D eigenvalue weighted by molar-refractivity contribution is -0.325. The average molecular weight is 427 g/mol. The fourth-order valence-corrected chi connectivity index (χ4v) is 2.55. The number of amides is 2. The molecule has 0 radical (unpaired) electrons. The summed E-state index contributed by atoms with van der Waals surface area (Å²) < 4.78 is 57.6. The summed E-state index contributed by atoms with van der Waals surface area (Å²) in [4.78, 5) is 16.2. The molecule has 0 saturated heterocycles. The first-order chi connectivity index (χ1) is 14.2. The number of H-pyrrole nitrogens is 1. The Morgan fingerprint density at radius 3 is 2.67 bits per heavy atom. The molecule has 8 nitrogen and oxygen atoms in total. The van der Waals surface area contributed by atoms with Crippen LogP contribution in [0.2, 0.25) is 0 Å². The normalized spacial score (nSPS) is 12.6. The fourth-order valence-electron chi connectivity index (χ4n) is 2.55. The second kappa shape index (κ2) is 8.95. The zero-order chi connectivity index (χ0) is 21.7. The van der Waals surface area contributed by atoms with Crippen LogP contribution in [0, 0.1) is 5.82 Å². The summed E-state index contributed by atoms with van der Waals surface area (Å²) in [6.45, 7) is 0.699. The Morgan fingerprint density at radius 1 is 1.23 bits per heavy atom. The Morgan fingerprint density at radius 2 is 1.97 bits per heavy atom. The quantitative estimate of drug-likeness (QED) is 0.392. The maximum absolute atomic E-state index is 13.0. The zero-order valence-corrected chi connectivity index (χ0v) is 15.6. The minimum Gasteiger partial charge on any atom is -0.474 e. The van der Waals surface area contributed by atoms with Gasteiger partial charge in [0.1, 0.15) is 18.2 Å². The number of fused-ring (bicyclic) bond motifs is 1. The van der Waals surface area contributed by atoms with Crippen molar-refractivity contribution in [2.75, 3.05) is 18.5 Å². The molecule has 2 aromatic heterocycles. The van der Waals surface area contributed by atoms with Gasteiger partial charge in [-0.2, -0.15) is 0 Å². The van der Waals surface area contributed by atoms with E-state index in [-0.39, 0.29) is 30.2 Å². The Kier molecular flexibility index (Phi) is 6.35. The molecule has 0 saturated carbocycles. The first-order valence-electron chi connectivity index (χ1n) is 8.72. The number of anilines is 1. The molecule has 0 aliphatic heterocycles. The number of carbonyl (C=O) groups excluding carboxylic acids is 1. The third-order valence-electron chi connectivity index (χ3n) is 3.96. The van der Waals surface area contributed by atoms with Crippen molar-refractivity contribution in [2.45, 2.75) is 19.3 Å². The third kappa shape index (κ3) is 5.80. The predicted molar refractivity (Wildman–Crippen MR) is 98.4 cm³/mol. The number of nitrogens with zero attached hydrogens (tertiary/aromatic N) is 2. The number of halogens is 4. The van der Waals surface area contributed by atoms with E-state index in [1.807, 2.05) is 0 Å². The third-order valence-corrected chi connectivity index (χ3v) is 3.96. The number of aromatic amines is 1. The molecule has 3 rings (SSSR count). The van der Waals surface area contributed by atoms with E-state index in [1.165, 1.54) is 24.4 Å². The van der Waals surface area contributed by atoms with Crippen LogP contribution in [-0.4, -0.2) is 40.8 Å². The molecule has 3 aromatic rings. The molecule has 0 unspecified atom stereocenters. The number of urea groups is 1. The highest BCUT2D eigenvalue weighted by molar-refractivity contribution is 5.92. The van der Waals surface area contributed by atoms with Gasteiger partial charge in [0.2, 0.25) is 5.88 Å². The summed E-state index contributed by atoms with van der Waals surface area (Å²) in [5.74, 6) is -0.102. The molecule has 30 heavy (non-hydrogen) atoms. The molecule has 2 heterocycles. The van der Waals surface area contributed by atoms with Crippen LogP contribution in [0.4, 0.5) is 28.2 Å². The monoisotopic (exact) mass is 427 g/mol. The number of rotatable bonds is 7. The van der Waals surface area contributed by atoms with Crippen LogP contribution in [0.25, 0.3) is 10.9 Å². The molecule has 12 heteroatoms. The summed E-state index contributed by atoms with van der Waals surface area (Å²) in [5.41, 5.74) is 1.18. The Balaban J connectivity index is 1.56. The highest BCUT2D eigenvalue weighted by Crippen LogP contribution is 2.24. The van der Waals surface area contributed by atoms with Crippen molar-refractivity contribution in [1.82, 2.24) is 20.5 Å². The van der Waals surface area contributed by atoms with E-state index in [4.69, 9.17) is 4.74 Å². The van der Waals surface area contributed by atoms with Crippen LogP contribution in [-0.2, 0) is 4.74 Å². The van der Waals surface area contributed by atoms with E-state index >= 15 is 0 Å². The Bertz CT molecular complexity index is 1010. The van der Waals surface area contributed by atoms with Crippen LogP contribution in [0.1, 0.15) is 18.5 Å². The number of ether oxygens (including phenoxy) is 2. The predicted octanol–water partition coefficient (Wildman–Crippen LogP) is 3.89. The van der Waals surface area contributed by atoms with Crippen LogP contribution in [0.5, 0.6) is 5.88 Å². The molecular weight excluding hydrogens is 410 g/mol. The van der Waals surface area contributed by atoms with Gasteiger partial charge in [-0.1, -0.05) is 12.1 Å². The lowest BCUT2D eigenvalue weighted by atomic mass is 10.1. The first kappa shape index (κ1) is 21.3. The van der Waals surface area contributed by atoms with Gasteiger partial charge in [-0.25, -0.2) is 14.2 Å². The van der Waals surface area contributed by atoms with Crippen molar-refractivity contribution in [1.29, 1.82) is 0 Å². The van der Waals surface area contributed by atoms with E-state index in [0.717, 1.165) is 5.56 Å². The fraction of sp³-hybridized carbons (Fsp3) is 0.278. The van der Waals surface area contributed by atoms with Gasteiger partial charge in [-0.05, 0) is 24.6 Å². The maximum atomic E-state index is 13.0. The number of aromatic nitrogens is 3. The van der Waals surface area contributed by atoms with Crippen molar-refractivity contribution in [3.8, 4) is 5.88 Å². The van der Waals surface area contributed by atoms with E-state index in [2.05, 4.69) is 30.6 Å². The number of alkyl halides is 3. The van der Waals surface area contributed by atoms with Crippen LogP contribution in [0.15, 0.2) is 36.5 Å². The molecule has 1 aromatic carbocycles. The molecule has 0 bridgehead atoms. The minimum atomic E-state index is -4.73. The molecular formula is C18H17F4N5O3. The maximum Gasteiger partial charge on any atom is 0.522 e. The number of carbonyl (C=O) groups is 1. The van der Waals surface area contributed by atoms with Crippen molar-refractivity contribution in [3.05, 3.63) is 47.9 Å².